The summed E-state index contributed by atoms with van der Waals surface area (Å²) >= 11 is 0. The van der Waals surface area contributed by atoms with Crippen molar-refractivity contribution < 1.29 is 4.79 Å². The number of anilines is 1. The van der Waals surface area contributed by atoms with Gasteiger partial charge < -0.3 is 10.6 Å². The number of hydrogen-bond acceptors (Lipinski definition) is 4. The SMILES string of the molecule is CC.CC#CC(=O)N1CCC[C@H]1c1ncc2c(N)nccn12. The first-order valence-corrected chi connectivity index (χ1v) is 7.53. The third-order valence-corrected chi connectivity index (χ3v) is 3.56. The Morgan fingerprint density at radius 1 is 1.41 bits per heavy atom. The van der Waals surface area contributed by atoms with Crippen LogP contribution in [0, 0.1) is 11.8 Å². The van der Waals surface area contributed by atoms with Crippen LogP contribution < -0.4 is 5.73 Å². The Balaban J connectivity index is 0.000000847. The lowest BCUT2D eigenvalue weighted by atomic mass is 10.2. The number of nitrogens with two attached hydrogens (primary N) is 1. The molecule has 0 spiro atoms. The molecule has 22 heavy (non-hydrogen) atoms. The predicted octanol–water partition coefficient (Wildman–Crippen LogP) is 2.02. The van der Waals surface area contributed by atoms with E-state index >= 15 is 0 Å². The number of nitrogens with zero attached hydrogens (tertiary/aromatic N) is 4. The van der Waals surface area contributed by atoms with E-state index in [-0.39, 0.29) is 11.9 Å². The van der Waals surface area contributed by atoms with Gasteiger partial charge in [-0.2, -0.15) is 0 Å². The Morgan fingerprint density at radius 3 is 2.91 bits per heavy atom. The highest BCUT2D eigenvalue weighted by atomic mass is 16.2. The molecule has 2 aromatic heterocycles. The van der Waals surface area contributed by atoms with E-state index in [2.05, 4.69) is 21.8 Å². The van der Waals surface area contributed by atoms with E-state index in [1.54, 1.807) is 24.2 Å². The fourth-order valence-electron chi connectivity index (χ4n) is 2.67. The maximum absolute atomic E-state index is 12.0. The third-order valence-electron chi connectivity index (χ3n) is 3.56. The van der Waals surface area contributed by atoms with Gasteiger partial charge in [0.1, 0.15) is 17.2 Å². The van der Waals surface area contributed by atoms with E-state index in [9.17, 15) is 4.79 Å². The Kier molecular flexibility index (Phi) is 4.99. The summed E-state index contributed by atoms with van der Waals surface area (Å²) in [5.74, 6) is 6.37. The lowest BCUT2D eigenvalue weighted by Crippen LogP contribution is -2.30. The van der Waals surface area contributed by atoms with Gasteiger partial charge >= 0.3 is 0 Å². The van der Waals surface area contributed by atoms with E-state index in [1.165, 1.54) is 0 Å². The van der Waals surface area contributed by atoms with E-state index in [1.807, 2.05) is 24.4 Å². The van der Waals surface area contributed by atoms with E-state index in [0.29, 0.717) is 12.4 Å². The van der Waals surface area contributed by atoms with Gasteiger partial charge in [-0.1, -0.05) is 19.8 Å². The average Bonchev–Trinajstić information content (AvgIpc) is 3.16. The molecule has 1 aliphatic heterocycles. The van der Waals surface area contributed by atoms with Gasteiger partial charge in [0.05, 0.1) is 12.2 Å². The minimum absolute atomic E-state index is 0.0485. The molecule has 0 aliphatic carbocycles. The van der Waals surface area contributed by atoms with Crippen LogP contribution in [0.4, 0.5) is 5.82 Å². The van der Waals surface area contributed by atoms with E-state index < -0.39 is 0 Å². The molecule has 2 aromatic rings. The van der Waals surface area contributed by atoms with Gasteiger partial charge in [-0.15, -0.1) is 0 Å². The number of likely N-dealkylation sites (tertiary alicyclic amines) is 1. The highest BCUT2D eigenvalue weighted by molar-refractivity contribution is 5.93. The predicted molar refractivity (Wildman–Crippen MR) is 85.9 cm³/mol. The lowest BCUT2D eigenvalue weighted by Gasteiger charge is -2.21. The van der Waals surface area contributed by atoms with Gasteiger partial charge in [-0.3, -0.25) is 9.20 Å². The molecule has 3 heterocycles. The van der Waals surface area contributed by atoms with Gasteiger partial charge in [0.2, 0.25) is 0 Å². The van der Waals surface area contributed by atoms with Crippen LogP contribution in [0.5, 0.6) is 0 Å². The van der Waals surface area contributed by atoms with Crippen molar-refractivity contribution in [3.63, 3.8) is 0 Å². The Hall–Kier alpha value is -2.55. The normalized spacial score (nSPS) is 16.7. The van der Waals surface area contributed by atoms with Gasteiger partial charge in [0.25, 0.3) is 5.91 Å². The van der Waals surface area contributed by atoms with Crippen LogP contribution in [0.3, 0.4) is 0 Å². The van der Waals surface area contributed by atoms with Crippen LogP contribution in [0.1, 0.15) is 45.5 Å². The summed E-state index contributed by atoms with van der Waals surface area (Å²) in [6.45, 7) is 6.38. The maximum Gasteiger partial charge on any atom is 0.299 e. The number of rotatable bonds is 1. The Bertz CT molecular complexity index is 725. The molecule has 1 fully saturated rings. The van der Waals surface area contributed by atoms with Crippen molar-refractivity contribution in [2.45, 2.75) is 39.7 Å². The summed E-state index contributed by atoms with van der Waals surface area (Å²) in [6.07, 6.45) is 7.00. The van der Waals surface area contributed by atoms with Crippen LogP contribution in [0.2, 0.25) is 0 Å². The molecular weight excluding hydrogens is 278 g/mol. The summed E-state index contributed by atoms with van der Waals surface area (Å²) in [5, 5.41) is 0. The summed E-state index contributed by atoms with van der Waals surface area (Å²) in [4.78, 5) is 22.3. The second kappa shape index (κ2) is 6.94. The minimum atomic E-state index is -0.145. The van der Waals surface area contributed by atoms with Crippen molar-refractivity contribution in [3.8, 4) is 11.8 Å². The molecule has 6 nitrogen and oxygen atoms in total. The third kappa shape index (κ3) is 2.75. The van der Waals surface area contributed by atoms with Crippen LogP contribution >= 0.6 is 0 Å². The minimum Gasteiger partial charge on any atom is -0.382 e. The molecule has 0 bridgehead atoms. The molecule has 0 aromatic carbocycles. The fraction of sp³-hybridized carbons (Fsp3) is 0.438. The molecule has 1 aliphatic rings. The van der Waals surface area contributed by atoms with Crippen LogP contribution in [0.15, 0.2) is 18.6 Å². The molecule has 0 unspecified atom stereocenters. The first-order chi connectivity index (χ1) is 10.7. The molecule has 1 atom stereocenters. The van der Waals surface area contributed by atoms with Crippen molar-refractivity contribution >= 4 is 17.2 Å². The number of hydrogen-bond donors (Lipinski definition) is 1. The lowest BCUT2D eigenvalue weighted by molar-refractivity contribution is -0.126. The van der Waals surface area contributed by atoms with Crippen LogP contribution in [-0.2, 0) is 4.79 Å². The van der Waals surface area contributed by atoms with Gasteiger partial charge in [-0.05, 0) is 25.7 Å². The van der Waals surface area contributed by atoms with Crippen molar-refractivity contribution in [1.29, 1.82) is 0 Å². The molecule has 116 valence electrons. The van der Waals surface area contributed by atoms with Crippen molar-refractivity contribution in [2.24, 2.45) is 0 Å². The summed E-state index contributed by atoms with van der Waals surface area (Å²) in [6, 6.07) is -0.0485. The molecule has 6 heteroatoms. The number of aromatic nitrogens is 3. The van der Waals surface area contributed by atoms with Crippen LogP contribution in [0.25, 0.3) is 5.52 Å². The number of imidazole rings is 1. The maximum atomic E-state index is 12.0. The highest BCUT2D eigenvalue weighted by Crippen LogP contribution is 2.31. The van der Waals surface area contributed by atoms with Crippen molar-refractivity contribution in [2.75, 3.05) is 12.3 Å². The van der Waals surface area contributed by atoms with Gasteiger partial charge in [-0.25, -0.2) is 9.97 Å². The van der Waals surface area contributed by atoms with Crippen molar-refractivity contribution in [1.82, 2.24) is 19.3 Å². The smallest absolute Gasteiger partial charge is 0.299 e. The molecule has 3 rings (SSSR count). The number of carbonyl (C=O) groups is 1. The van der Waals surface area contributed by atoms with Crippen LogP contribution in [-0.4, -0.2) is 31.7 Å². The average molecular weight is 299 g/mol. The number of carbonyl (C=O) groups excluding carboxylic acids is 1. The fourth-order valence-corrected chi connectivity index (χ4v) is 2.67. The van der Waals surface area contributed by atoms with Crippen molar-refractivity contribution in [3.05, 3.63) is 24.4 Å². The number of nitrogen functional groups attached to an aromatic ring is 1. The summed E-state index contributed by atoms with van der Waals surface area (Å²) in [7, 11) is 0. The first-order valence-electron chi connectivity index (χ1n) is 7.53. The summed E-state index contributed by atoms with van der Waals surface area (Å²) in [5.41, 5.74) is 6.60. The molecular formula is C16H21N5O. The zero-order valence-electron chi connectivity index (χ0n) is 13.2. The monoisotopic (exact) mass is 299 g/mol. The standard InChI is InChI=1S/C14H15N5O.C2H6/c1-2-4-12(20)18-7-3-5-10(18)14-17-9-11-13(15)16-6-8-19(11)14;1-2/h6,8-10H,3,5,7H2,1H3,(H2,15,16);1-2H3/t10-;/m0./s1. The second-order valence-corrected chi connectivity index (χ2v) is 4.72. The molecule has 2 N–H and O–H groups in total. The summed E-state index contributed by atoms with van der Waals surface area (Å²) < 4.78 is 1.90. The van der Waals surface area contributed by atoms with E-state index in [4.69, 9.17) is 5.73 Å². The zero-order chi connectivity index (χ0) is 16.1. The Labute approximate surface area is 130 Å². The molecule has 0 radical (unpaired) electrons. The largest absolute Gasteiger partial charge is 0.382 e. The number of fused-ring (bicyclic) bond motifs is 1. The second-order valence-electron chi connectivity index (χ2n) is 4.72. The van der Waals surface area contributed by atoms with E-state index in [0.717, 1.165) is 24.2 Å². The topological polar surface area (TPSA) is 76.5 Å². The Morgan fingerprint density at radius 2 is 2.18 bits per heavy atom. The molecule has 1 saturated heterocycles. The number of amides is 1. The first kappa shape index (κ1) is 15.8. The molecule has 0 saturated carbocycles. The highest BCUT2D eigenvalue weighted by Gasteiger charge is 2.32. The quantitative estimate of drug-likeness (QED) is 0.817. The van der Waals surface area contributed by atoms with Gasteiger partial charge in [0, 0.05) is 18.9 Å². The zero-order valence-corrected chi connectivity index (χ0v) is 13.2. The van der Waals surface area contributed by atoms with Gasteiger partial charge in [0.15, 0.2) is 0 Å². The molecule has 1 amide bonds.